The minimum Gasteiger partial charge on any atom is -1.00 e. The van der Waals surface area contributed by atoms with Gasteiger partial charge in [-0.15, -0.1) is 0 Å². The molecular weight excluding hydrogens is 431 g/mol. The van der Waals surface area contributed by atoms with Gasteiger partial charge in [0.25, 0.3) is 10.1 Å². The van der Waals surface area contributed by atoms with Crippen LogP contribution in [0.15, 0.2) is 24.3 Å². The third kappa shape index (κ3) is 12.7. The van der Waals surface area contributed by atoms with E-state index in [2.05, 4.69) is 13.2 Å². The Bertz CT molecular complexity index is 689. The summed E-state index contributed by atoms with van der Waals surface area (Å²) in [5.41, 5.74) is -1.31. The van der Waals surface area contributed by atoms with E-state index in [1.165, 1.54) is 13.8 Å². The van der Waals surface area contributed by atoms with Crippen LogP contribution in [0, 0.1) is 5.41 Å². The van der Waals surface area contributed by atoms with Gasteiger partial charge in [-0.2, -0.15) is 8.42 Å². The van der Waals surface area contributed by atoms with Gasteiger partial charge >= 0.3 is 69.3 Å². The Balaban J connectivity index is -0.00000364. The number of hydrogen-bond acceptors (Lipinski definition) is 8. The SMILES string of the molecule is C=C(C)C(=O)OCC(CCCC)(COC(=O)C(=C)C)C(=O)OCCS(=O)(=O)O.[H-].[K+]. The van der Waals surface area contributed by atoms with Crippen molar-refractivity contribution < 1.29 is 94.4 Å². The number of hydrogen-bond donors (Lipinski definition) is 1. The van der Waals surface area contributed by atoms with E-state index in [0.717, 1.165) is 0 Å². The van der Waals surface area contributed by atoms with Gasteiger partial charge in [0.05, 0.1) is 0 Å². The Hall–Kier alpha value is -0.564. The van der Waals surface area contributed by atoms with Gasteiger partial charge in [-0.3, -0.25) is 9.35 Å². The molecule has 0 atom stereocenters. The molecule has 0 spiro atoms. The van der Waals surface area contributed by atoms with E-state index < -0.39 is 59.0 Å². The van der Waals surface area contributed by atoms with Gasteiger partial charge in [-0.1, -0.05) is 32.9 Å². The van der Waals surface area contributed by atoms with Crippen LogP contribution in [0.2, 0.25) is 0 Å². The fraction of sp³-hybridized carbons (Fsp3) is 0.611. The van der Waals surface area contributed by atoms with Crippen LogP contribution in [0.25, 0.3) is 0 Å². The van der Waals surface area contributed by atoms with Gasteiger partial charge in [0.1, 0.15) is 31.0 Å². The van der Waals surface area contributed by atoms with Crippen molar-refractivity contribution in [2.24, 2.45) is 5.41 Å². The molecule has 9 nitrogen and oxygen atoms in total. The monoisotopic (exact) mass is 460 g/mol. The summed E-state index contributed by atoms with van der Waals surface area (Å²) in [4.78, 5) is 36.2. The van der Waals surface area contributed by atoms with E-state index in [1.807, 2.05) is 6.92 Å². The summed E-state index contributed by atoms with van der Waals surface area (Å²) in [6, 6.07) is 0. The Morgan fingerprint density at radius 1 is 1.00 bits per heavy atom. The molecule has 0 aromatic rings. The molecule has 0 saturated heterocycles. The summed E-state index contributed by atoms with van der Waals surface area (Å²) in [5.74, 6) is -3.18. The van der Waals surface area contributed by atoms with Gasteiger partial charge in [0.2, 0.25) is 0 Å². The zero-order chi connectivity index (χ0) is 22.0. The molecule has 0 amide bonds. The Labute approximate surface area is 215 Å². The van der Waals surface area contributed by atoms with Gasteiger partial charge in [-0.25, -0.2) is 9.59 Å². The van der Waals surface area contributed by atoms with Crippen LogP contribution < -0.4 is 51.4 Å². The quantitative estimate of drug-likeness (QED) is 0.120. The maximum absolute atomic E-state index is 12.7. The fourth-order valence-corrected chi connectivity index (χ4v) is 2.26. The van der Waals surface area contributed by atoms with Crippen molar-refractivity contribution >= 4 is 28.0 Å². The molecule has 11 heteroatoms. The second-order valence-electron chi connectivity index (χ2n) is 6.52. The summed E-state index contributed by atoms with van der Waals surface area (Å²) < 4.78 is 45.6. The smallest absolute Gasteiger partial charge is 1.00 e. The summed E-state index contributed by atoms with van der Waals surface area (Å²) in [6.45, 7) is 10.1. The molecule has 0 saturated carbocycles. The third-order valence-electron chi connectivity index (χ3n) is 3.67. The molecule has 162 valence electrons. The maximum atomic E-state index is 12.7. The van der Waals surface area contributed by atoms with E-state index in [-0.39, 0.29) is 70.4 Å². The minimum atomic E-state index is -4.33. The third-order valence-corrected chi connectivity index (χ3v) is 4.35. The number of unbranched alkanes of at least 4 members (excludes halogenated alkanes) is 1. The van der Waals surface area contributed by atoms with Crippen molar-refractivity contribution in [3.63, 3.8) is 0 Å². The van der Waals surface area contributed by atoms with Gasteiger partial charge < -0.3 is 15.6 Å². The number of carbonyl (C=O) groups excluding carboxylic acids is 3. The van der Waals surface area contributed by atoms with Crippen LogP contribution >= 0.6 is 0 Å². The van der Waals surface area contributed by atoms with Crippen molar-refractivity contribution in [3.05, 3.63) is 24.3 Å². The van der Waals surface area contributed by atoms with Crippen molar-refractivity contribution in [1.82, 2.24) is 0 Å². The molecule has 0 fully saturated rings. The molecule has 0 heterocycles. The van der Waals surface area contributed by atoms with E-state index in [9.17, 15) is 22.8 Å². The molecule has 0 aliphatic heterocycles. The van der Waals surface area contributed by atoms with E-state index in [0.29, 0.717) is 12.8 Å². The number of esters is 3. The van der Waals surface area contributed by atoms with Crippen LogP contribution in [-0.4, -0.2) is 56.5 Å². The summed E-state index contributed by atoms with van der Waals surface area (Å²) in [6.07, 6.45) is 1.35. The van der Waals surface area contributed by atoms with Crippen LogP contribution in [0.3, 0.4) is 0 Å². The summed E-state index contributed by atoms with van der Waals surface area (Å²) in [5, 5.41) is 0. The first-order valence-electron chi connectivity index (χ1n) is 8.62. The molecular formula is C18H29KO9S. The van der Waals surface area contributed by atoms with Crippen LogP contribution in [-0.2, 0) is 38.7 Å². The average molecular weight is 461 g/mol. The largest absolute Gasteiger partial charge is 1.00 e. The van der Waals surface area contributed by atoms with Gasteiger partial charge in [-0.05, 0) is 20.3 Å². The molecule has 0 bridgehead atoms. The van der Waals surface area contributed by atoms with Crippen molar-refractivity contribution in [2.45, 2.75) is 40.0 Å². The predicted molar refractivity (Wildman–Crippen MR) is 102 cm³/mol. The molecule has 0 unspecified atom stereocenters. The van der Waals surface area contributed by atoms with Crippen molar-refractivity contribution in [1.29, 1.82) is 0 Å². The van der Waals surface area contributed by atoms with E-state index in [1.54, 1.807) is 0 Å². The van der Waals surface area contributed by atoms with Crippen LogP contribution in [0.1, 0.15) is 41.5 Å². The molecule has 0 aliphatic rings. The second kappa shape index (κ2) is 14.4. The zero-order valence-electron chi connectivity index (χ0n) is 18.5. The molecule has 0 aliphatic carbocycles. The molecule has 0 aromatic heterocycles. The number of rotatable bonds is 13. The van der Waals surface area contributed by atoms with E-state index >= 15 is 0 Å². The van der Waals surface area contributed by atoms with Crippen molar-refractivity contribution in [3.8, 4) is 0 Å². The molecule has 0 aromatic carbocycles. The molecule has 29 heavy (non-hydrogen) atoms. The van der Waals surface area contributed by atoms with Crippen LogP contribution in [0.4, 0.5) is 0 Å². The summed E-state index contributed by atoms with van der Waals surface area (Å²) in [7, 11) is -4.33. The van der Waals surface area contributed by atoms with Crippen LogP contribution in [0.5, 0.6) is 0 Å². The standard InChI is InChI=1S/C18H28O9S.K.H/c1-6-7-8-18(11-26-15(19)13(2)3,12-27-16(20)14(4)5)17(21)25-9-10-28(22,23)24;;/h2,4,6-12H2,1,3,5H3,(H,22,23,24);;/q;+1;-1. The Morgan fingerprint density at radius 2 is 1.45 bits per heavy atom. The molecule has 0 rings (SSSR count). The predicted octanol–water partition coefficient (Wildman–Crippen LogP) is -1.05. The fourth-order valence-electron chi connectivity index (χ4n) is 1.97. The topological polar surface area (TPSA) is 133 Å². The first-order valence-corrected chi connectivity index (χ1v) is 10.2. The average Bonchev–Trinajstić information content (AvgIpc) is 2.59. The Kier molecular flexibility index (Phi) is 15.3. The first kappa shape index (κ1) is 30.6. The number of ether oxygens (including phenoxy) is 3. The maximum Gasteiger partial charge on any atom is 1.00 e. The molecule has 0 radical (unpaired) electrons. The normalized spacial score (nSPS) is 11.0. The van der Waals surface area contributed by atoms with Crippen molar-refractivity contribution in [2.75, 3.05) is 25.6 Å². The van der Waals surface area contributed by atoms with Gasteiger partial charge in [0, 0.05) is 11.1 Å². The second-order valence-corrected chi connectivity index (χ2v) is 8.09. The molecule has 1 N–H and O–H groups in total. The van der Waals surface area contributed by atoms with Gasteiger partial charge in [0.15, 0.2) is 0 Å². The number of carbonyl (C=O) groups is 3. The Morgan fingerprint density at radius 3 is 1.79 bits per heavy atom. The minimum absolute atomic E-state index is 0. The first-order chi connectivity index (χ1) is 12.8. The summed E-state index contributed by atoms with van der Waals surface area (Å²) >= 11 is 0. The zero-order valence-corrected chi connectivity index (χ0v) is 21.4. The van der Waals surface area contributed by atoms with E-state index in [4.69, 9.17) is 18.8 Å².